The summed E-state index contributed by atoms with van der Waals surface area (Å²) in [7, 11) is 0. The molecule has 0 fully saturated rings. The van der Waals surface area contributed by atoms with Crippen LogP contribution in [0, 0.1) is 0 Å². The lowest BCUT2D eigenvalue weighted by Crippen LogP contribution is -2.45. The number of hydrogen-bond donors (Lipinski definition) is 0. The average Bonchev–Trinajstić information content (AvgIpc) is 2.12. The van der Waals surface area contributed by atoms with Crippen LogP contribution in [0.25, 0.3) is 0 Å². The molecule has 0 bridgehead atoms. The smallest absolute Gasteiger partial charge is 0.395 e. The molecule has 1 unspecified atom stereocenters. The molecule has 8 heteroatoms. The molecule has 0 heterocycles. The molecule has 0 saturated carbocycles. The van der Waals surface area contributed by atoms with Crippen LogP contribution in [-0.2, 0) is 14.5 Å². The van der Waals surface area contributed by atoms with E-state index < -0.39 is 24.6 Å². The lowest BCUT2D eigenvalue weighted by molar-refractivity contribution is -0.479. The maximum absolute atomic E-state index is 12.5. The fourth-order valence-electron chi connectivity index (χ4n) is 0.636. The maximum atomic E-state index is 12.5. The first-order chi connectivity index (χ1) is 6.77. The lowest BCUT2D eigenvalue weighted by Gasteiger charge is -2.21. The summed E-state index contributed by atoms with van der Waals surface area (Å²) < 4.78 is 62.4. The third kappa shape index (κ3) is 3.98. The largest absolute Gasteiger partial charge is 0.496 e. The van der Waals surface area contributed by atoms with Gasteiger partial charge in [0.15, 0.2) is 0 Å². The summed E-state index contributed by atoms with van der Waals surface area (Å²) in [4.78, 5) is 12.6. The molecule has 1 atom stereocenters. The second kappa shape index (κ2) is 5.24. The van der Waals surface area contributed by atoms with Crippen molar-refractivity contribution in [2.24, 2.45) is 0 Å². The molecule has 0 aromatic heterocycles. The van der Waals surface area contributed by atoms with Gasteiger partial charge < -0.3 is 4.74 Å². The van der Waals surface area contributed by atoms with Crippen LogP contribution in [0.3, 0.4) is 0 Å². The summed E-state index contributed by atoms with van der Waals surface area (Å²) in [5, 5.41) is 0. The molecule has 15 heavy (non-hydrogen) atoms. The number of alkyl halides is 4. The Balaban J connectivity index is 4.38. The van der Waals surface area contributed by atoms with E-state index >= 15 is 0 Å². The van der Waals surface area contributed by atoms with E-state index in [1.165, 1.54) is 0 Å². The van der Waals surface area contributed by atoms with Gasteiger partial charge in [-0.1, -0.05) is 13.3 Å². The summed E-state index contributed by atoms with van der Waals surface area (Å²) >= 11 is 0. The fourth-order valence-corrected chi connectivity index (χ4v) is 0.636. The van der Waals surface area contributed by atoms with E-state index in [1.807, 2.05) is 4.94 Å². The van der Waals surface area contributed by atoms with Crippen LogP contribution in [0.4, 0.5) is 22.1 Å². The van der Waals surface area contributed by atoms with Crippen molar-refractivity contribution in [2.75, 3.05) is 0 Å². The van der Waals surface area contributed by atoms with Crippen molar-refractivity contribution < 1.29 is 36.6 Å². The number of carbonyl (C=O) groups excluding carboxylic acids is 1. The highest BCUT2D eigenvalue weighted by molar-refractivity contribution is 5.69. The molecule has 0 rings (SSSR count). The molecule has 0 spiro atoms. The van der Waals surface area contributed by atoms with Crippen molar-refractivity contribution in [2.45, 2.75) is 38.4 Å². The van der Waals surface area contributed by atoms with Crippen molar-refractivity contribution >= 4 is 5.97 Å². The zero-order chi connectivity index (χ0) is 12.1. The van der Waals surface area contributed by atoms with Gasteiger partial charge in [-0.15, -0.1) is 4.94 Å². The summed E-state index contributed by atoms with van der Waals surface area (Å²) in [5.41, 5.74) is 0. The molecule has 0 aliphatic rings. The van der Waals surface area contributed by atoms with Crippen molar-refractivity contribution in [3.05, 3.63) is 0 Å². The van der Waals surface area contributed by atoms with E-state index in [4.69, 9.17) is 0 Å². The van der Waals surface area contributed by atoms with Crippen molar-refractivity contribution in [1.29, 1.82) is 0 Å². The predicted octanol–water partition coefficient (Wildman–Crippen LogP) is 2.81. The van der Waals surface area contributed by atoms with Crippen LogP contribution in [0.15, 0.2) is 0 Å². The second-order valence-corrected chi connectivity index (χ2v) is 2.69. The van der Waals surface area contributed by atoms with Gasteiger partial charge in [-0.2, -0.15) is 17.6 Å². The predicted molar refractivity (Wildman–Crippen MR) is 37.7 cm³/mol. The highest BCUT2D eigenvalue weighted by Crippen LogP contribution is 2.36. The molecule has 0 N–H and O–H groups in total. The van der Waals surface area contributed by atoms with Crippen molar-refractivity contribution in [3.63, 3.8) is 0 Å². The van der Waals surface area contributed by atoms with Crippen LogP contribution >= 0.6 is 0 Å². The standard InChI is InChI=1S/C7H9F5O3/c1-2-3-4-5(13)14-7(11,15-12)6(8,9)10/h2-4H2,1H3. The summed E-state index contributed by atoms with van der Waals surface area (Å²) in [6, 6.07) is -5.02. The molecule has 90 valence electrons. The lowest BCUT2D eigenvalue weighted by atomic mass is 10.2. The van der Waals surface area contributed by atoms with E-state index in [0.717, 1.165) is 0 Å². The normalized spacial score (nSPS) is 15.9. The van der Waals surface area contributed by atoms with E-state index in [2.05, 4.69) is 4.74 Å². The fraction of sp³-hybridized carbons (Fsp3) is 0.857. The van der Waals surface area contributed by atoms with Gasteiger partial charge >= 0.3 is 18.2 Å². The van der Waals surface area contributed by atoms with Gasteiger partial charge in [0, 0.05) is 6.42 Å². The highest BCUT2D eigenvalue weighted by Gasteiger charge is 2.64. The second-order valence-electron chi connectivity index (χ2n) is 2.69. The molecule has 0 saturated heterocycles. The van der Waals surface area contributed by atoms with Crippen LogP contribution < -0.4 is 0 Å². The zero-order valence-electron chi connectivity index (χ0n) is 7.74. The van der Waals surface area contributed by atoms with Crippen molar-refractivity contribution in [1.82, 2.24) is 0 Å². The molecule has 0 aromatic rings. The van der Waals surface area contributed by atoms with Crippen LogP contribution in [-0.4, -0.2) is 18.2 Å². The van der Waals surface area contributed by atoms with Gasteiger partial charge in [-0.3, -0.25) is 4.79 Å². The first kappa shape index (κ1) is 14.1. The topological polar surface area (TPSA) is 35.5 Å². The average molecular weight is 236 g/mol. The van der Waals surface area contributed by atoms with Gasteiger partial charge in [0.1, 0.15) is 0 Å². The Morgan fingerprint density at radius 3 is 2.13 bits per heavy atom. The number of ether oxygens (including phenoxy) is 1. The monoisotopic (exact) mass is 236 g/mol. The third-order valence-corrected chi connectivity index (χ3v) is 1.42. The van der Waals surface area contributed by atoms with Crippen molar-refractivity contribution in [3.8, 4) is 0 Å². The SMILES string of the molecule is CCCCC(=O)OC(F)(OF)C(F)(F)F. The summed E-state index contributed by atoms with van der Waals surface area (Å²) in [6.45, 7) is 1.66. The summed E-state index contributed by atoms with van der Waals surface area (Å²) in [6.07, 6.45) is -5.51. The Hall–Kier alpha value is -0.920. The van der Waals surface area contributed by atoms with E-state index in [9.17, 15) is 26.9 Å². The van der Waals surface area contributed by atoms with Gasteiger partial charge in [0.05, 0.1) is 0 Å². The number of carbonyl (C=O) groups is 1. The Morgan fingerprint density at radius 2 is 1.80 bits per heavy atom. The van der Waals surface area contributed by atoms with E-state index in [0.29, 0.717) is 6.42 Å². The molecule has 0 amide bonds. The molecule has 0 aromatic carbocycles. The minimum atomic E-state index is -5.77. The van der Waals surface area contributed by atoms with Gasteiger partial charge in [0.25, 0.3) is 0 Å². The molecule has 0 aliphatic heterocycles. The number of halogens is 5. The van der Waals surface area contributed by atoms with E-state index in [1.54, 1.807) is 6.92 Å². The third-order valence-electron chi connectivity index (χ3n) is 1.42. The first-order valence-corrected chi connectivity index (χ1v) is 4.04. The molecular weight excluding hydrogens is 227 g/mol. The zero-order valence-corrected chi connectivity index (χ0v) is 7.74. The number of unbranched alkanes of at least 4 members (excludes halogenated alkanes) is 1. The first-order valence-electron chi connectivity index (χ1n) is 4.04. The van der Waals surface area contributed by atoms with Gasteiger partial charge in [-0.05, 0) is 10.9 Å². The Labute approximate surface area is 82.0 Å². The molecule has 0 radical (unpaired) electrons. The molecule has 0 aliphatic carbocycles. The van der Waals surface area contributed by atoms with Crippen LogP contribution in [0.2, 0.25) is 0 Å². The minimum absolute atomic E-state index is 0.207. The van der Waals surface area contributed by atoms with E-state index in [-0.39, 0.29) is 6.42 Å². The number of rotatable bonds is 5. The molecular formula is C7H9F5O3. The minimum Gasteiger partial charge on any atom is -0.395 e. The number of hydrogen-bond acceptors (Lipinski definition) is 3. The molecule has 3 nitrogen and oxygen atoms in total. The number of esters is 1. The summed E-state index contributed by atoms with van der Waals surface area (Å²) in [5.74, 6) is -1.52. The quantitative estimate of drug-likeness (QED) is 0.418. The van der Waals surface area contributed by atoms with Crippen LogP contribution in [0.1, 0.15) is 26.2 Å². The van der Waals surface area contributed by atoms with Gasteiger partial charge in [0.2, 0.25) is 0 Å². The highest BCUT2D eigenvalue weighted by atomic mass is 19.4. The Kier molecular flexibility index (Phi) is 4.92. The Bertz CT molecular complexity index is 217. The van der Waals surface area contributed by atoms with Crippen LogP contribution in [0.5, 0.6) is 0 Å². The Morgan fingerprint density at radius 1 is 1.27 bits per heavy atom. The maximum Gasteiger partial charge on any atom is 0.496 e. The van der Waals surface area contributed by atoms with Gasteiger partial charge in [-0.25, -0.2) is 0 Å².